The standard InChI is InChI=1S/C8H17NO2S.H3N/c1-2-3-4-8-7-9-5-6-12(8,10)11;/h8-9H,2-7H2,1H3;1H3. The van der Waals surface area contributed by atoms with E-state index >= 15 is 0 Å². The maximum atomic E-state index is 11.4. The number of nitrogens with one attached hydrogen (secondary N) is 1. The van der Waals surface area contributed by atoms with E-state index in [0.29, 0.717) is 18.8 Å². The monoisotopic (exact) mass is 208 g/mol. The first-order valence-electron chi connectivity index (χ1n) is 4.59. The Kier molecular flexibility index (Phi) is 5.51. The summed E-state index contributed by atoms with van der Waals surface area (Å²) in [5.41, 5.74) is 0. The van der Waals surface area contributed by atoms with Crippen LogP contribution in [0.5, 0.6) is 0 Å². The molecular weight excluding hydrogens is 188 g/mol. The number of unbranched alkanes of at least 4 members (excludes halogenated alkanes) is 1. The molecule has 1 unspecified atom stereocenters. The van der Waals surface area contributed by atoms with Crippen molar-refractivity contribution in [3.63, 3.8) is 0 Å². The van der Waals surface area contributed by atoms with Crippen LogP contribution in [0.1, 0.15) is 26.2 Å². The Morgan fingerprint density at radius 3 is 2.69 bits per heavy atom. The highest BCUT2D eigenvalue weighted by molar-refractivity contribution is 7.92. The van der Waals surface area contributed by atoms with Crippen LogP contribution in [-0.2, 0) is 9.84 Å². The summed E-state index contributed by atoms with van der Waals surface area (Å²) in [5.74, 6) is 0.321. The van der Waals surface area contributed by atoms with Crippen molar-refractivity contribution in [2.75, 3.05) is 18.8 Å². The molecule has 0 saturated carbocycles. The van der Waals surface area contributed by atoms with Gasteiger partial charge in [0.15, 0.2) is 9.84 Å². The Labute approximate surface area is 80.6 Å². The fraction of sp³-hybridized carbons (Fsp3) is 1.00. The van der Waals surface area contributed by atoms with Crippen LogP contribution >= 0.6 is 0 Å². The third-order valence-corrected chi connectivity index (χ3v) is 4.51. The van der Waals surface area contributed by atoms with Crippen LogP contribution in [0.15, 0.2) is 0 Å². The smallest absolute Gasteiger partial charge is 0.155 e. The molecule has 13 heavy (non-hydrogen) atoms. The van der Waals surface area contributed by atoms with E-state index < -0.39 is 9.84 Å². The van der Waals surface area contributed by atoms with E-state index in [1.54, 1.807) is 0 Å². The molecule has 0 aliphatic carbocycles. The maximum Gasteiger partial charge on any atom is 0.155 e. The molecule has 1 rings (SSSR count). The summed E-state index contributed by atoms with van der Waals surface area (Å²) in [6.45, 7) is 3.37. The minimum absolute atomic E-state index is 0. The van der Waals surface area contributed by atoms with Crippen molar-refractivity contribution in [1.82, 2.24) is 11.5 Å². The molecule has 1 atom stereocenters. The van der Waals surface area contributed by atoms with E-state index in [0.717, 1.165) is 19.3 Å². The van der Waals surface area contributed by atoms with Crippen LogP contribution in [0, 0.1) is 0 Å². The summed E-state index contributed by atoms with van der Waals surface area (Å²) in [6.07, 6.45) is 2.92. The highest BCUT2D eigenvalue weighted by Crippen LogP contribution is 2.12. The molecule has 80 valence electrons. The lowest BCUT2D eigenvalue weighted by Gasteiger charge is -2.22. The van der Waals surface area contributed by atoms with E-state index in [1.165, 1.54) is 0 Å². The molecule has 1 aliphatic rings. The SMILES string of the molecule is CCCCC1CNCCS1(=O)=O.N. The lowest BCUT2D eigenvalue weighted by molar-refractivity contribution is 0.525. The van der Waals surface area contributed by atoms with Gasteiger partial charge in [0.2, 0.25) is 0 Å². The summed E-state index contributed by atoms with van der Waals surface area (Å²) < 4.78 is 22.9. The Bertz CT molecular complexity index is 226. The van der Waals surface area contributed by atoms with Crippen LogP contribution in [0.2, 0.25) is 0 Å². The highest BCUT2D eigenvalue weighted by Gasteiger charge is 2.27. The second-order valence-electron chi connectivity index (χ2n) is 3.34. The highest BCUT2D eigenvalue weighted by atomic mass is 32.2. The van der Waals surface area contributed by atoms with Gasteiger partial charge in [0.25, 0.3) is 0 Å². The van der Waals surface area contributed by atoms with Gasteiger partial charge in [-0.25, -0.2) is 8.42 Å². The van der Waals surface area contributed by atoms with Gasteiger partial charge in [-0.2, -0.15) is 0 Å². The molecule has 0 bridgehead atoms. The number of sulfone groups is 1. The largest absolute Gasteiger partial charge is 0.344 e. The van der Waals surface area contributed by atoms with Crippen LogP contribution < -0.4 is 11.5 Å². The van der Waals surface area contributed by atoms with Gasteiger partial charge in [-0.05, 0) is 6.42 Å². The van der Waals surface area contributed by atoms with Crippen molar-refractivity contribution >= 4 is 9.84 Å². The van der Waals surface area contributed by atoms with Crippen LogP contribution in [-0.4, -0.2) is 32.5 Å². The quantitative estimate of drug-likeness (QED) is 0.716. The van der Waals surface area contributed by atoms with Crippen molar-refractivity contribution in [2.24, 2.45) is 0 Å². The summed E-state index contributed by atoms with van der Waals surface area (Å²) in [7, 11) is -2.76. The van der Waals surface area contributed by atoms with E-state index in [-0.39, 0.29) is 11.4 Å². The second kappa shape index (κ2) is 5.57. The summed E-state index contributed by atoms with van der Waals surface area (Å²) in [6, 6.07) is 0. The van der Waals surface area contributed by atoms with Crippen LogP contribution in [0.3, 0.4) is 0 Å². The van der Waals surface area contributed by atoms with Gasteiger partial charge in [0.05, 0.1) is 11.0 Å². The molecule has 1 heterocycles. The first-order chi connectivity index (χ1) is 5.67. The minimum atomic E-state index is -2.76. The molecule has 0 aromatic heterocycles. The Balaban J connectivity index is 0.00000144. The van der Waals surface area contributed by atoms with Gasteiger partial charge in [-0.1, -0.05) is 19.8 Å². The van der Waals surface area contributed by atoms with Gasteiger partial charge >= 0.3 is 0 Å². The lowest BCUT2D eigenvalue weighted by Crippen LogP contribution is -2.43. The van der Waals surface area contributed by atoms with Gasteiger partial charge in [-0.3, -0.25) is 0 Å². The average molecular weight is 208 g/mol. The fourth-order valence-corrected chi connectivity index (χ4v) is 3.14. The first-order valence-corrected chi connectivity index (χ1v) is 6.30. The molecule has 1 fully saturated rings. The average Bonchev–Trinajstić information content (AvgIpc) is 2.02. The van der Waals surface area contributed by atoms with Crippen molar-refractivity contribution < 1.29 is 8.42 Å². The molecule has 4 N–H and O–H groups in total. The predicted octanol–water partition coefficient (Wildman–Crippen LogP) is 0.725. The molecule has 0 radical (unpaired) electrons. The van der Waals surface area contributed by atoms with Crippen LogP contribution in [0.4, 0.5) is 0 Å². The van der Waals surface area contributed by atoms with Gasteiger partial charge in [0.1, 0.15) is 0 Å². The molecular formula is C8H20N2O2S. The molecule has 4 nitrogen and oxygen atoms in total. The third kappa shape index (κ3) is 3.62. The van der Waals surface area contributed by atoms with Crippen LogP contribution in [0.25, 0.3) is 0 Å². The third-order valence-electron chi connectivity index (χ3n) is 2.32. The van der Waals surface area contributed by atoms with E-state index in [2.05, 4.69) is 12.2 Å². The summed E-state index contributed by atoms with van der Waals surface area (Å²) >= 11 is 0. The fourth-order valence-electron chi connectivity index (χ4n) is 1.48. The summed E-state index contributed by atoms with van der Waals surface area (Å²) in [4.78, 5) is 0. The molecule has 1 saturated heterocycles. The Morgan fingerprint density at radius 2 is 2.15 bits per heavy atom. The zero-order chi connectivity index (χ0) is 9.03. The zero-order valence-corrected chi connectivity index (χ0v) is 9.07. The Hall–Kier alpha value is -0.130. The van der Waals surface area contributed by atoms with Crippen molar-refractivity contribution in [1.29, 1.82) is 0 Å². The predicted molar refractivity (Wildman–Crippen MR) is 55.0 cm³/mol. The normalized spacial score (nSPS) is 26.4. The van der Waals surface area contributed by atoms with Crippen molar-refractivity contribution in [2.45, 2.75) is 31.4 Å². The molecule has 0 aromatic rings. The lowest BCUT2D eigenvalue weighted by atomic mass is 10.2. The number of rotatable bonds is 3. The molecule has 5 heteroatoms. The number of hydrogen-bond donors (Lipinski definition) is 2. The Morgan fingerprint density at radius 1 is 1.46 bits per heavy atom. The van der Waals surface area contributed by atoms with Gasteiger partial charge < -0.3 is 11.5 Å². The second-order valence-corrected chi connectivity index (χ2v) is 5.74. The minimum Gasteiger partial charge on any atom is -0.344 e. The molecule has 0 aromatic carbocycles. The maximum absolute atomic E-state index is 11.4. The van der Waals surface area contributed by atoms with Gasteiger partial charge in [-0.15, -0.1) is 0 Å². The molecule has 1 aliphatic heterocycles. The van der Waals surface area contributed by atoms with E-state index in [4.69, 9.17) is 0 Å². The van der Waals surface area contributed by atoms with Crippen molar-refractivity contribution in [3.8, 4) is 0 Å². The van der Waals surface area contributed by atoms with E-state index in [1.807, 2.05) is 0 Å². The molecule has 0 amide bonds. The summed E-state index contributed by atoms with van der Waals surface area (Å²) in [5, 5.41) is 3.00. The zero-order valence-electron chi connectivity index (χ0n) is 8.25. The van der Waals surface area contributed by atoms with Crippen molar-refractivity contribution in [3.05, 3.63) is 0 Å². The van der Waals surface area contributed by atoms with Gasteiger partial charge in [0, 0.05) is 13.1 Å². The topological polar surface area (TPSA) is 81.2 Å². The first kappa shape index (κ1) is 12.9. The van der Waals surface area contributed by atoms with E-state index in [9.17, 15) is 8.42 Å². The number of hydrogen-bond acceptors (Lipinski definition) is 4. The molecule has 0 spiro atoms.